The van der Waals surface area contributed by atoms with Gasteiger partial charge in [-0.3, -0.25) is 0 Å². The maximum atomic E-state index is 6.11. The summed E-state index contributed by atoms with van der Waals surface area (Å²) in [5.74, 6) is 0. The molecular weight excluding hydrogens is 583 g/mol. The molecule has 10 rings (SSSR count). The Labute approximate surface area is 277 Å². The van der Waals surface area contributed by atoms with Gasteiger partial charge >= 0.3 is 0 Å². The lowest BCUT2D eigenvalue weighted by Gasteiger charge is -2.28. The van der Waals surface area contributed by atoms with Crippen molar-refractivity contribution in [2.24, 2.45) is 0 Å². The van der Waals surface area contributed by atoms with Gasteiger partial charge in [-0.1, -0.05) is 127 Å². The Morgan fingerprint density at radius 1 is 0.312 bits per heavy atom. The standard InChI is InChI=1S/C46H29NO/c1-3-11-37-31(9-1)17-18-32-21-25-36(29-42(32)37)47(44-28-34-10-2-4-12-38(34)39-13-5-6-14-40(39)44)35-23-19-30(20-24-35)33-22-26-46-43(27-33)41-15-7-8-16-45(41)48-46/h1-29H. The van der Waals surface area contributed by atoms with Crippen molar-refractivity contribution in [3.8, 4) is 11.1 Å². The summed E-state index contributed by atoms with van der Waals surface area (Å²) in [5.41, 5.74) is 7.55. The summed E-state index contributed by atoms with van der Waals surface area (Å²) < 4.78 is 6.11. The minimum absolute atomic E-state index is 0.912. The molecule has 0 aliphatic heterocycles. The van der Waals surface area contributed by atoms with Gasteiger partial charge < -0.3 is 9.32 Å². The van der Waals surface area contributed by atoms with Gasteiger partial charge in [0, 0.05) is 27.5 Å². The van der Waals surface area contributed by atoms with Crippen LogP contribution in [-0.4, -0.2) is 0 Å². The van der Waals surface area contributed by atoms with E-state index in [2.05, 4.69) is 169 Å². The molecule has 0 radical (unpaired) electrons. The second-order valence-electron chi connectivity index (χ2n) is 12.5. The Hall–Kier alpha value is -6.38. The Morgan fingerprint density at radius 3 is 1.69 bits per heavy atom. The van der Waals surface area contributed by atoms with Crippen molar-refractivity contribution >= 4 is 82.1 Å². The minimum Gasteiger partial charge on any atom is -0.456 e. The van der Waals surface area contributed by atoms with E-state index in [4.69, 9.17) is 4.42 Å². The predicted octanol–water partition coefficient (Wildman–Crippen LogP) is 13.3. The molecule has 2 heteroatoms. The van der Waals surface area contributed by atoms with Gasteiger partial charge in [-0.25, -0.2) is 0 Å². The molecule has 1 aromatic heterocycles. The summed E-state index contributed by atoms with van der Waals surface area (Å²) >= 11 is 0. The normalized spacial score (nSPS) is 11.8. The molecule has 0 saturated carbocycles. The van der Waals surface area contributed by atoms with E-state index in [1.807, 2.05) is 12.1 Å². The molecule has 0 aliphatic rings. The highest BCUT2D eigenvalue weighted by Gasteiger charge is 2.18. The van der Waals surface area contributed by atoms with Crippen LogP contribution in [-0.2, 0) is 0 Å². The Bertz CT molecular complexity index is 2840. The molecule has 0 unspecified atom stereocenters. The van der Waals surface area contributed by atoms with Gasteiger partial charge in [-0.15, -0.1) is 0 Å². The maximum absolute atomic E-state index is 6.11. The first-order chi connectivity index (χ1) is 23.8. The predicted molar refractivity (Wildman–Crippen MR) is 204 cm³/mol. The van der Waals surface area contributed by atoms with E-state index >= 15 is 0 Å². The molecule has 0 aliphatic carbocycles. The van der Waals surface area contributed by atoms with Crippen molar-refractivity contribution in [1.29, 1.82) is 0 Å². The van der Waals surface area contributed by atoms with Crippen LogP contribution in [0.2, 0.25) is 0 Å². The third-order valence-electron chi connectivity index (χ3n) is 9.81. The molecule has 0 amide bonds. The fraction of sp³-hybridized carbons (Fsp3) is 0. The number of hydrogen-bond donors (Lipinski definition) is 0. The fourth-order valence-electron chi connectivity index (χ4n) is 7.48. The van der Waals surface area contributed by atoms with E-state index in [1.165, 1.54) is 54.2 Å². The summed E-state index contributed by atoms with van der Waals surface area (Å²) in [7, 11) is 0. The van der Waals surface area contributed by atoms with Crippen molar-refractivity contribution in [2.75, 3.05) is 4.90 Å². The van der Waals surface area contributed by atoms with Crippen LogP contribution in [0.5, 0.6) is 0 Å². The first-order valence-electron chi connectivity index (χ1n) is 16.4. The van der Waals surface area contributed by atoms with Crippen molar-refractivity contribution in [3.63, 3.8) is 0 Å². The molecular formula is C46H29NO. The molecule has 0 spiro atoms. The van der Waals surface area contributed by atoms with Crippen molar-refractivity contribution in [3.05, 3.63) is 176 Å². The number of nitrogens with zero attached hydrogens (tertiary/aromatic N) is 1. The quantitative estimate of drug-likeness (QED) is 0.184. The highest BCUT2D eigenvalue weighted by molar-refractivity contribution is 6.15. The Balaban J connectivity index is 1.18. The molecule has 0 saturated heterocycles. The summed E-state index contributed by atoms with van der Waals surface area (Å²) in [6.07, 6.45) is 0. The number of benzene rings is 9. The van der Waals surface area contributed by atoms with Gasteiger partial charge in [0.2, 0.25) is 0 Å². The van der Waals surface area contributed by atoms with E-state index in [1.54, 1.807) is 0 Å². The van der Waals surface area contributed by atoms with Crippen molar-refractivity contribution < 1.29 is 4.42 Å². The van der Waals surface area contributed by atoms with Crippen LogP contribution in [0.3, 0.4) is 0 Å². The minimum atomic E-state index is 0.912. The van der Waals surface area contributed by atoms with Crippen LogP contribution >= 0.6 is 0 Å². The lowest BCUT2D eigenvalue weighted by Crippen LogP contribution is -2.10. The lowest BCUT2D eigenvalue weighted by atomic mass is 9.97. The van der Waals surface area contributed by atoms with Crippen LogP contribution in [0, 0.1) is 0 Å². The first-order valence-corrected chi connectivity index (χ1v) is 16.4. The molecule has 0 fully saturated rings. The molecule has 2 nitrogen and oxygen atoms in total. The smallest absolute Gasteiger partial charge is 0.135 e. The number of rotatable bonds is 4. The van der Waals surface area contributed by atoms with E-state index in [0.717, 1.165) is 39.0 Å². The van der Waals surface area contributed by atoms with Gasteiger partial charge in [0.1, 0.15) is 11.2 Å². The summed E-state index contributed by atoms with van der Waals surface area (Å²) in [6, 6.07) is 63.5. The summed E-state index contributed by atoms with van der Waals surface area (Å²) in [6.45, 7) is 0. The largest absolute Gasteiger partial charge is 0.456 e. The molecule has 9 aromatic carbocycles. The van der Waals surface area contributed by atoms with Crippen molar-refractivity contribution in [1.82, 2.24) is 0 Å². The van der Waals surface area contributed by atoms with Crippen LogP contribution in [0.4, 0.5) is 17.1 Å². The van der Waals surface area contributed by atoms with Crippen LogP contribution in [0.25, 0.3) is 76.2 Å². The van der Waals surface area contributed by atoms with Gasteiger partial charge in [0.25, 0.3) is 0 Å². The second kappa shape index (κ2) is 10.6. The molecule has 48 heavy (non-hydrogen) atoms. The van der Waals surface area contributed by atoms with Gasteiger partial charge in [0.05, 0.1) is 5.69 Å². The zero-order valence-corrected chi connectivity index (χ0v) is 26.1. The molecule has 224 valence electrons. The third-order valence-corrected chi connectivity index (χ3v) is 9.81. The summed E-state index contributed by atoms with van der Waals surface area (Å²) in [4.78, 5) is 2.42. The monoisotopic (exact) mass is 611 g/mol. The lowest BCUT2D eigenvalue weighted by molar-refractivity contribution is 0.669. The highest BCUT2D eigenvalue weighted by atomic mass is 16.3. The molecule has 10 aromatic rings. The van der Waals surface area contributed by atoms with Crippen LogP contribution in [0.1, 0.15) is 0 Å². The number of para-hydroxylation sites is 1. The zero-order chi connectivity index (χ0) is 31.6. The SMILES string of the molecule is c1ccc2c(c1)ccc1ccc(N(c3ccc(-c4ccc5oc6ccccc6c5c4)cc3)c3cc4ccccc4c4ccccc34)cc12. The first kappa shape index (κ1) is 26.8. The number of fused-ring (bicyclic) bond motifs is 9. The maximum Gasteiger partial charge on any atom is 0.135 e. The molecule has 0 atom stereocenters. The van der Waals surface area contributed by atoms with Gasteiger partial charge in [-0.2, -0.15) is 0 Å². The summed E-state index contributed by atoms with van der Waals surface area (Å²) in [5, 5.41) is 12.2. The molecule has 1 heterocycles. The highest BCUT2D eigenvalue weighted by Crippen LogP contribution is 2.44. The van der Waals surface area contributed by atoms with E-state index in [9.17, 15) is 0 Å². The number of furan rings is 1. The number of hydrogen-bond acceptors (Lipinski definition) is 2. The topological polar surface area (TPSA) is 16.4 Å². The fourth-order valence-corrected chi connectivity index (χ4v) is 7.48. The van der Waals surface area contributed by atoms with Crippen LogP contribution < -0.4 is 4.90 Å². The van der Waals surface area contributed by atoms with Crippen molar-refractivity contribution in [2.45, 2.75) is 0 Å². The molecule has 0 bridgehead atoms. The van der Waals surface area contributed by atoms with Crippen LogP contribution in [0.15, 0.2) is 180 Å². The average molecular weight is 612 g/mol. The number of anilines is 3. The third kappa shape index (κ3) is 4.20. The van der Waals surface area contributed by atoms with E-state index < -0.39 is 0 Å². The van der Waals surface area contributed by atoms with Gasteiger partial charge in [0.15, 0.2) is 0 Å². The Kier molecular flexibility index (Phi) is 5.91. The zero-order valence-electron chi connectivity index (χ0n) is 26.1. The van der Waals surface area contributed by atoms with E-state index in [-0.39, 0.29) is 0 Å². The second-order valence-corrected chi connectivity index (χ2v) is 12.5. The Morgan fingerprint density at radius 2 is 0.875 bits per heavy atom. The van der Waals surface area contributed by atoms with E-state index in [0.29, 0.717) is 0 Å². The average Bonchev–Trinajstić information content (AvgIpc) is 3.53. The van der Waals surface area contributed by atoms with Gasteiger partial charge in [-0.05, 0) is 97.4 Å². The molecule has 0 N–H and O–H groups in total.